The van der Waals surface area contributed by atoms with Crippen LogP contribution in [0.5, 0.6) is 0 Å². The van der Waals surface area contributed by atoms with E-state index in [0.717, 1.165) is 11.1 Å². The van der Waals surface area contributed by atoms with E-state index in [1.165, 1.54) is 0 Å². The maximum atomic E-state index is 12.8. The van der Waals surface area contributed by atoms with Crippen LogP contribution in [-0.2, 0) is 14.4 Å². The fourth-order valence-electron chi connectivity index (χ4n) is 2.49. The summed E-state index contributed by atoms with van der Waals surface area (Å²) in [5.41, 5.74) is 2.01. The molecule has 148 valence electrons. The van der Waals surface area contributed by atoms with E-state index in [1.54, 1.807) is 13.8 Å². The van der Waals surface area contributed by atoms with Gasteiger partial charge in [0.05, 0.1) is 12.7 Å². The SMILES string of the molecule is CC(C)=CCC(O)CC(=O)C(C(=O)C(C)C)C(=O)C(CO)CC=C(C)C. The summed E-state index contributed by atoms with van der Waals surface area (Å²) in [7, 11) is 0. The Balaban J connectivity index is 5.41. The summed E-state index contributed by atoms with van der Waals surface area (Å²) in [6.45, 7) is 10.4. The lowest BCUT2D eigenvalue weighted by Crippen LogP contribution is -2.40. The first kappa shape index (κ1) is 24.4. The van der Waals surface area contributed by atoms with Crippen molar-refractivity contribution in [2.45, 2.75) is 66.9 Å². The number of ketones is 3. The molecule has 0 rings (SSSR count). The Morgan fingerprint density at radius 3 is 1.81 bits per heavy atom. The topological polar surface area (TPSA) is 91.7 Å². The standard InChI is InChI=1S/C21H34O5/c1-13(2)7-9-16(12-22)21(26)19(20(25)15(5)6)18(24)11-17(23)10-8-14(3)4/h7-8,15-17,19,22-23H,9-12H2,1-6H3. The Hall–Kier alpha value is -1.59. The number of carbonyl (C=O) groups excluding carboxylic acids is 3. The highest BCUT2D eigenvalue weighted by Crippen LogP contribution is 2.21. The maximum Gasteiger partial charge on any atom is 0.156 e. The number of Topliss-reactive ketones (excluding diaryl/α,β-unsaturated/α-hetero) is 3. The highest BCUT2D eigenvalue weighted by atomic mass is 16.3. The molecule has 0 spiro atoms. The van der Waals surface area contributed by atoms with Gasteiger partial charge in [0.15, 0.2) is 17.3 Å². The van der Waals surface area contributed by atoms with Gasteiger partial charge in [0.1, 0.15) is 5.92 Å². The second kappa shape index (κ2) is 11.9. The third kappa shape index (κ3) is 8.68. The van der Waals surface area contributed by atoms with Gasteiger partial charge in [0, 0.05) is 18.3 Å². The number of aliphatic hydroxyl groups excluding tert-OH is 2. The van der Waals surface area contributed by atoms with E-state index in [9.17, 15) is 24.6 Å². The molecule has 5 heteroatoms. The fraction of sp³-hybridized carbons (Fsp3) is 0.667. The summed E-state index contributed by atoms with van der Waals surface area (Å²) in [5, 5.41) is 19.6. The second-order valence-electron chi connectivity index (χ2n) is 7.63. The van der Waals surface area contributed by atoms with Gasteiger partial charge in [-0.05, 0) is 40.5 Å². The molecule has 0 saturated heterocycles. The molecule has 0 aliphatic carbocycles. The molecule has 26 heavy (non-hydrogen) atoms. The molecule has 0 amide bonds. The van der Waals surface area contributed by atoms with Gasteiger partial charge in [-0.2, -0.15) is 0 Å². The molecular weight excluding hydrogens is 332 g/mol. The van der Waals surface area contributed by atoms with Crippen molar-refractivity contribution in [3.05, 3.63) is 23.3 Å². The molecule has 5 nitrogen and oxygen atoms in total. The van der Waals surface area contributed by atoms with Crippen LogP contribution < -0.4 is 0 Å². The Morgan fingerprint density at radius 2 is 1.38 bits per heavy atom. The van der Waals surface area contributed by atoms with Crippen LogP contribution in [0.4, 0.5) is 0 Å². The lowest BCUT2D eigenvalue weighted by atomic mass is 9.80. The van der Waals surface area contributed by atoms with Crippen LogP contribution in [0.2, 0.25) is 0 Å². The van der Waals surface area contributed by atoms with Gasteiger partial charge >= 0.3 is 0 Å². The highest BCUT2D eigenvalue weighted by Gasteiger charge is 2.38. The molecule has 2 N–H and O–H groups in total. The average molecular weight is 366 g/mol. The van der Waals surface area contributed by atoms with Crippen LogP contribution in [-0.4, -0.2) is 40.3 Å². The second-order valence-corrected chi connectivity index (χ2v) is 7.63. The van der Waals surface area contributed by atoms with E-state index in [0.29, 0.717) is 6.42 Å². The maximum absolute atomic E-state index is 12.8. The van der Waals surface area contributed by atoms with Crippen LogP contribution in [0.15, 0.2) is 23.3 Å². The van der Waals surface area contributed by atoms with E-state index in [4.69, 9.17) is 0 Å². The zero-order valence-electron chi connectivity index (χ0n) is 16.9. The minimum Gasteiger partial charge on any atom is -0.396 e. The van der Waals surface area contributed by atoms with Crippen LogP contribution in [0, 0.1) is 17.8 Å². The van der Waals surface area contributed by atoms with E-state index in [1.807, 2.05) is 39.8 Å². The van der Waals surface area contributed by atoms with E-state index >= 15 is 0 Å². The summed E-state index contributed by atoms with van der Waals surface area (Å²) in [4.78, 5) is 37.9. The minimum absolute atomic E-state index is 0.251. The van der Waals surface area contributed by atoms with Crippen LogP contribution >= 0.6 is 0 Å². The van der Waals surface area contributed by atoms with Crippen LogP contribution in [0.3, 0.4) is 0 Å². The van der Waals surface area contributed by atoms with Crippen molar-refractivity contribution in [2.75, 3.05) is 6.61 Å². The Morgan fingerprint density at radius 1 is 0.885 bits per heavy atom. The molecule has 3 unspecified atom stereocenters. The Kier molecular flexibility index (Phi) is 11.2. The summed E-state index contributed by atoms with van der Waals surface area (Å²) < 4.78 is 0. The lowest BCUT2D eigenvalue weighted by molar-refractivity contribution is -0.144. The monoisotopic (exact) mass is 366 g/mol. The number of carbonyl (C=O) groups is 3. The molecule has 0 aromatic rings. The van der Waals surface area contributed by atoms with Gasteiger partial charge in [0.2, 0.25) is 0 Å². The van der Waals surface area contributed by atoms with Gasteiger partial charge in [-0.1, -0.05) is 37.1 Å². The summed E-state index contributed by atoms with van der Waals surface area (Å²) in [5.74, 6) is -4.27. The van der Waals surface area contributed by atoms with E-state index in [2.05, 4.69) is 0 Å². The number of rotatable bonds is 12. The van der Waals surface area contributed by atoms with Crippen molar-refractivity contribution in [3.8, 4) is 0 Å². The molecule has 0 aliphatic heterocycles. The number of aliphatic hydroxyl groups is 2. The number of allylic oxidation sites excluding steroid dienone is 3. The van der Waals surface area contributed by atoms with E-state index < -0.39 is 47.8 Å². The smallest absolute Gasteiger partial charge is 0.156 e. The number of hydrogen-bond acceptors (Lipinski definition) is 5. The van der Waals surface area contributed by atoms with Gasteiger partial charge in [-0.15, -0.1) is 0 Å². The van der Waals surface area contributed by atoms with Gasteiger partial charge in [-0.3, -0.25) is 14.4 Å². The van der Waals surface area contributed by atoms with Crippen molar-refractivity contribution in [1.29, 1.82) is 0 Å². The van der Waals surface area contributed by atoms with Crippen LogP contribution in [0.1, 0.15) is 60.8 Å². The zero-order valence-corrected chi connectivity index (χ0v) is 16.9. The van der Waals surface area contributed by atoms with Crippen molar-refractivity contribution < 1.29 is 24.6 Å². The van der Waals surface area contributed by atoms with Crippen molar-refractivity contribution in [1.82, 2.24) is 0 Å². The average Bonchev–Trinajstić information content (AvgIpc) is 2.53. The predicted molar refractivity (Wildman–Crippen MR) is 103 cm³/mol. The lowest BCUT2D eigenvalue weighted by Gasteiger charge is -2.21. The largest absolute Gasteiger partial charge is 0.396 e. The molecule has 0 bridgehead atoms. The van der Waals surface area contributed by atoms with Gasteiger partial charge in [-0.25, -0.2) is 0 Å². The summed E-state index contributed by atoms with van der Waals surface area (Å²) in [6, 6.07) is 0. The fourth-order valence-corrected chi connectivity index (χ4v) is 2.49. The van der Waals surface area contributed by atoms with Crippen molar-refractivity contribution in [2.24, 2.45) is 17.8 Å². The first-order chi connectivity index (χ1) is 12.0. The zero-order chi connectivity index (χ0) is 20.4. The third-order valence-corrected chi connectivity index (χ3v) is 4.13. The van der Waals surface area contributed by atoms with Crippen LogP contribution in [0.25, 0.3) is 0 Å². The van der Waals surface area contributed by atoms with Crippen molar-refractivity contribution in [3.63, 3.8) is 0 Å². The minimum atomic E-state index is -1.42. The van der Waals surface area contributed by atoms with E-state index in [-0.39, 0.29) is 12.8 Å². The molecule has 0 aliphatic rings. The molecule has 0 radical (unpaired) electrons. The first-order valence-electron chi connectivity index (χ1n) is 9.17. The normalized spacial score (nSPS) is 14.3. The van der Waals surface area contributed by atoms with Gasteiger partial charge in [0.25, 0.3) is 0 Å². The quantitative estimate of drug-likeness (QED) is 0.409. The first-order valence-corrected chi connectivity index (χ1v) is 9.17. The molecule has 0 heterocycles. The number of hydrogen-bond donors (Lipinski definition) is 2. The summed E-state index contributed by atoms with van der Waals surface area (Å²) in [6.07, 6.45) is 3.02. The summed E-state index contributed by atoms with van der Waals surface area (Å²) >= 11 is 0. The molecule has 0 aromatic heterocycles. The molecule has 0 aromatic carbocycles. The molecule has 3 atom stereocenters. The third-order valence-electron chi connectivity index (χ3n) is 4.13. The molecule has 0 fully saturated rings. The highest BCUT2D eigenvalue weighted by molar-refractivity contribution is 6.20. The Bertz CT molecular complexity index is 549. The predicted octanol–water partition coefficient (Wildman–Crippen LogP) is 3.04. The van der Waals surface area contributed by atoms with Crippen molar-refractivity contribution >= 4 is 17.3 Å². The Labute approximate surface area is 157 Å². The van der Waals surface area contributed by atoms with Gasteiger partial charge < -0.3 is 10.2 Å². The molecule has 0 saturated carbocycles. The molecular formula is C21H34O5.